The zero-order valence-corrected chi connectivity index (χ0v) is 10.9. The molecular weight excluding hydrogens is 258 g/mol. The van der Waals surface area contributed by atoms with Crippen LogP contribution >= 0.6 is 0 Å². The second-order valence-corrected chi connectivity index (χ2v) is 4.50. The van der Waals surface area contributed by atoms with Gasteiger partial charge in [-0.25, -0.2) is 4.79 Å². The Morgan fingerprint density at radius 2 is 2.25 bits per heavy atom. The van der Waals surface area contributed by atoms with Crippen molar-refractivity contribution in [3.05, 3.63) is 58.9 Å². The molecule has 20 heavy (non-hydrogen) atoms. The monoisotopic (exact) mass is 271 g/mol. The van der Waals surface area contributed by atoms with Crippen molar-refractivity contribution in [1.82, 2.24) is 4.98 Å². The molecule has 1 N–H and O–H groups in total. The van der Waals surface area contributed by atoms with Gasteiger partial charge >= 0.3 is 5.97 Å². The smallest absolute Gasteiger partial charge is 0.335 e. The Balaban J connectivity index is 2.18. The summed E-state index contributed by atoms with van der Waals surface area (Å²) in [6.07, 6.45) is 1.32. The van der Waals surface area contributed by atoms with Crippen LogP contribution in [-0.2, 0) is 11.3 Å². The number of pyridine rings is 1. The number of methoxy groups -OCH3 is 1. The fourth-order valence-corrected chi connectivity index (χ4v) is 2.40. The Morgan fingerprint density at radius 3 is 3.00 bits per heavy atom. The number of benzene rings is 1. The summed E-state index contributed by atoms with van der Waals surface area (Å²) in [5.41, 5.74) is 2.62. The second kappa shape index (κ2) is 4.94. The molecule has 1 unspecified atom stereocenters. The van der Waals surface area contributed by atoms with Crippen molar-refractivity contribution in [2.24, 2.45) is 0 Å². The normalized spacial score (nSPS) is 16.6. The van der Waals surface area contributed by atoms with Crippen LogP contribution in [0, 0.1) is 0 Å². The Hall–Kier alpha value is -2.40. The van der Waals surface area contributed by atoms with Crippen molar-refractivity contribution < 1.29 is 19.4 Å². The number of hydrogen-bond acceptors (Lipinski definition) is 4. The van der Waals surface area contributed by atoms with E-state index in [2.05, 4.69) is 4.98 Å². The molecule has 2 aromatic rings. The lowest BCUT2D eigenvalue weighted by atomic mass is 9.98. The number of carboxylic acid groups (broad SMARTS) is 1. The van der Waals surface area contributed by atoms with Crippen molar-refractivity contribution in [2.45, 2.75) is 12.7 Å². The van der Waals surface area contributed by atoms with Crippen LogP contribution in [-0.4, -0.2) is 23.2 Å². The van der Waals surface area contributed by atoms with E-state index >= 15 is 0 Å². The summed E-state index contributed by atoms with van der Waals surface area (Å²) in [6.45, 7) is 0.343. The van der Waals surface area contributed by atoms with Crippen LogP contribution in [0.5, 0.6) is 5.75 Å². The van der Waals surface area contributed by atoms with Crippen LogP contribution in [0.2, 0.25) is 0 Å². The number of hydrogen-bond donors (Lipinski definition) is 1. The van der Waals surface area contributed by atoms with Crippen molar-refractivity contribution in [2.75, 3.05) is 7.11 Å². The minimum absolute atomic E-state index is 0.210. The van der Waals surface area contributed by atoms with Crippen LogP contribution < -0.4 is 4.74 Å². The summed E-state index contributed by atoms with van der Waals surface area (Å²) < 4.78 is 11.3. The van der Waals surface area contributed by atoms with E-state index in [1.165, 1.54) is 6.07 Å². The molecule has 5 nitrogen and oxygen atoms in total. The largest absolute Gasteiger partial charge is 0.487 e. The fraction of sp³-hybridized carbons (Fsp3) is 0.200. The highest BCUT2D eigenvalue weighted by molar-refractivity contribution is 5.88. The Kier molecular flexibility index (Phi) is 3.12. The summed E-state index contributed by atoms with van der Waals surface area (Å²) in [7, 11) is 1.59. The van der Waals surface area contributed by atoms with Gasteiger partial charge in [-0.05, 0) is 24.3 Å². The third kappa shape index (κ3) is 2.02. The van der Waals surface area contributed by atoms with Gasteiger partial charge in [-0.3, -0.25) is 4.98 Å². The van der Waals surface area contributed by atoms with Crippen molar-refractivity contribution in [3.8, 4) is 5.75 Å². The van der Waals surface area contributed by atoms with E-state index in [-0.39, 0.29) is 11.7 Å². The van der Waals surface area contributed by atoms with Crippen LogP contribution in [0.4, 0.5) is 0 Å². The van der Waals surface area contributed by atoms with E-state index in [1.54, 1.807) is 25.4 Å². The van der Waals surface area contributed by atoms with Gasteiger partial charge in [-0.2, -0.15) is 0 Å². The first-order valence-electron chi connectivity index (χ1n) is 6.17. The topological polar surface area (TPSA) is 68.7 Å². The lowest BCUT2D eigenvalue weighted by Gasteiger charge is -2.17. The molecule has 0 amide bonds. The molecule has 5 heteroatoms. The quantitative estimate of drug-likeness (QED) is 0.908. The number of carbonyl (C=O) groups is 1. The molecule has 0 fully saturated rings. The van der Waals surface area contributed by atoms with Gasteiger partial charge in [-0.15, -0.1) is 0 Å². The van der Waals surface area contributed by atoms with Gasteiger partial charge in [0, 0.05) is 24.4 Å². The summed E-state index contributed by atoms with van der Waals surface area (Å²) in [6, 6.07) is 8.53. The fourth-order valence-electron chi connectivity index (χ4n) is 2.40. The third-order valence-corrected chi connectivity index (χ3v) is 3.35. The van der Waals surface area contributed by atoms with E-state index in [1.807, 2.05) is 12.1 Å². The molecule has 1 aromatic carbocycles. The molecule has 0 saturated heterocycles. The maximum atomic E-state index is 11.1. The molecule has 0 bridgehead atoms. The Bertz CT molecular complexity index is 669. The molecule has 2 heterocycles. The maximum absolute atomic E-state index is 11.1. The van der Waals surface area contributed by atoms with E-state index in [0.717, 1.165) is 11.3 Å². The number of fused-ring (bicyclic) bond motifs is 2. The number of carboxylic acids is 1. The molecule has 0 spiro atoms. The molecule has 1 atom stereocenters. The lowest BCUT2D eigenvalue weighted by Crippen LogP contribution is -2.07. The molecule has 0 saturated carbocycles. The van der Waals surface area contributed by atoms with Crippen LogP contribution in [0.25, 0.3) is 0 Å². The molecule has 1 aromatic heterocycles. The predicted molar refractivity (Wildman–Crippen MR) is 70.8 cm³/mol. The number of aromatic nitrogens is 1. The number of nitrogens with zero attached hydrogens (tertiary/aromatic N) is 1. The van der Waals surface area contributed by atoms with Crippen molar-refractivity contribution in [1.29, 1.82) is 0 Å². The number of ether oxygens (including phenoxy) is 2. The molecule has 3 rings (SSSR count). The average Bonchev–Trinajstić information content (AvgIpc) is 2.62. The molecule has 1 aliphatic rings. The zero-order chi connectivity index (χ0) is 14.1. The van der Waals surface area contributed by atoms with Gasteiger partial charge in [0.05, 0.1) is 11.3 Å². The SMILES string of the molecule is COC1c2cc(C(=O)O)ccc2OCc2ncccc21. The Labute approximate surface area is 115 Å². The second-order valence-electron chi connectivity index (χ2n) is 4.50. The highest BCUT2D eigenvalue weighted by Gasteiger charge is 2.26. The molecule has 102 valence electrons. The van der Waals surface area contributed by atoms with Crippen molar-refractivity contribution in [3.63, 3.8) is 0 Å². The van der Waals surface area contributed by atoms with Gasteiger partial charge in [0.1, 0.15) is 18.5 Å². The third-order valence-electron chi connectivity index (χ3n) is 3.35. The summed E-state index contributed by atoms with van der Waals surface area (Å²) in [5, 5.41) is 9.12. The minimum atomic E-state index is -0.974. The van der Waals surface area contributed by atoms with E-state index < -0.39 is 5.97 Å². The first-order chi connectivity index (χ1) is 9.70. The summed E-state index contributed by atoms with van der Waals surface area (Å²) in [5.74, 6) is -0.349. The summed E-state index contributed by atoms with van der Waals surface area (Å²) in [4.78, 5) is 15.4. The van der Waals surface area contributed by atoms with E-state index in [4.69, 9.17) is 14.6 Å². The van der Waals surface area contributed by atoms with Gasteiger partial charge in [0.15, 0.2) is 0 Å². The van der Waals surface area contributed by atoms with Gasteiger partial charge in [0.25, 0.3) is 0 Å². The predicted octanol–water partition coefficient (Wildman–Crippen LogP) is 2.41. The number of rotatable bonds is 2. The van der Waals surface area contributed by atoms with Gasteiger partial charge in [-0.1, -0.05) is 6.07 Å². The van der Waals surface area contributed by atoms with Crippen LogP contribution in [0.1, 0.15) is 33.3 Å². The highest BCUT2D eigenvalue weighted by atomic mass is 16.5. The summed E-state index contributed by atoms with van der Waals surface area (Å²) >= 11 is 0. The molecule has 0 radical (unpaired) electrons. The van der Waals surface area contributed by atoms with Crippen molar-refractivity contribution >= 4 is 5.97 Å². The minimum Gasteiger partial charge on any atom is -0.487 e. The first-order valence-corrected chi connectivity index (χ1v) is 6.17. The lowest BCUT2D eigenvalue weighted by molar-refractivity contribution is 0.0696. The van der Waals surface area contributed by atoms with Crippen LogP contribution in [0.3, 0.4) is 0 Å². The van der Waals surface area contributed by atoms with Crippen LogP contribution in [0.15, 0.2) is 36.5 Å². The van der Waals surface area contributed by atoms with Gasteiger partial charge < -0.3 is 14.6 Å². The zero-order valence-electron chi connectivity index (χ0n) is 10.9. The first kappa shape index (κ1) is 12.6. The molecule has 1 aliphatic heterocycles. The van der Waals surface area contributed by atoms with E-state index in [0.29, 0.717) is 17.9 Å². The highest BCUT2D eigenvalue weighted by Crippen LogP contribution is 2.37. The number of aromatic carboxylic acids is 1. The van der Waals surface area contributed by atoms with E-state index in [9.17, 15) is 4.79 Å². The maximum Gasteiger partial charge on any atom is 0.335 e. The Morgan fingerprint density at radius 1 is 1.40 bits per heavy atom. The van der Waals surface area contributed by atoms with Gasteiger partial charge in [0.2, 0.25) is 0 Å². The standard InChI is InChI=1S/C15H13NO4/c1-19-14-10-3-2-6-16-12(10)8-20-13-5-4-9(15(17)18)7-11(13)14/h2-7,14H,8H2,1H3,(H,17,18). The average molecular weight is 271 g/mol. The molecular formula is C15H13NO4. The molecule has 0 aliphatic carbocycles.